The molecule has 72 heavy (non-hydrogen) atoms. The van der Waals surface area contributed by atoms with E-state index in [1.54, 1.807) is 6.08 Å². The number of amides is 1. The van der Waals surface area contributed by atoms with Crippen molar-refractivity contribution in [1.29, 1.82) is 0 Å². The summed E-state index contributed by atoms with van der Waals surface area (Å²) in [5.74, 6) is -0.249. The van der Waals surface area contributed by atoms with Crippen molar-refractivity contribution in [2.45, 2.75) is 281 Å². The van der Waals surface area contributed by atoms with Crippen molar-refractivity contribution in [2.75, 3.05) is 19.8 Å². The highest BCUT2D eigenvalue weighted by atomic mass is 16.7. The molecule has 0 spiro atoms. The van der Waals surface area contributed by atoms with E-state index in [2.05, 4.69) is 79.9 Å². The van der Waals surface area contributed by atoms with E-state index in [1.807, 2.05) is 6.08 Å². The van der Waals surface area contributed by atoms with E-state index in [9.17, 15) is 35.1 Å². The first-order valence-electron chi connectivity index (χ1n) is 29.2. The molecule has 11 nitrogen and oxygen atoms in total. The molecule has 416 valence electrons. The Hall–Kier alpha value is -2.90. The molecule has 1 heterocycles. The van der Waals surface area contributed by atoms with Crippen molar-refractivity contribution in [1.82, 2.24) is 5.32 Å². The number of hydrogen-bond acceptors (Lipinski definition) is 10. The molecule has 0 saturated carbocycles. The molecule has 0 radical (unpaired) electrons. The lowest BCUT2D eigenvalue weighted by Crippen LogP contribution is -2.60. The number of esters is 1. The molecule has 1 aliphatic rings. The Morgan fingerprint density at radius 1 is 0.528 bits per heavy atom. The number of unbranched alkanes of at least 4 members (excludes halogenated alkanes) is 26. The zero-order chi connectivity index (χ0) is 52.4. The average molecular weight is 1010 g/mol. The highest BCUT2D eigenvalue weighted by Gasteiger charge is 2.44. The normalized spacial score (nSPS) is 19.6. The van der Waals surface area contributed by atoms with Crippen LogP contribution in [0.15, 0.2) is 72.9 Å². The molecule has 1 fully saturated rings. The van der Waals surface area contributed by atoms with Gasteiger partial charge in [0.1, 0.15) is 24.4 Å². The lowest BCUT2D eigenvalue weighted by Gasteiger charge is -2.40. The molecule has 0 aromatic heterocycles. The van der Waals surface area contributed by atoms with E-state index >= 15 is 0 Å². The predicted octanol–water partition coefficient (Wildman–Crippen LogP) is 13.2. The Morgan fingerprint density at radius 3 is 1.53 bits per heavy atom. The summed E-state index contributed by atoms with van der Waals surface area (Å²) in [6, 6.07) is -0.843. The van der Waals surface area contributed by atoms with Crippen LogP contribution in [0.25, 0.3) is 0 Å². The number of ether oxygens (including phenoxy) is 3. The number of hydrogen-bond donors (Lipinski definition) is 6. The van der Waals surface area contributed by atoms with Crippen LogP contribution in [0.1, 0.15) is 239 Å². The van der Waals surface area contributed by atoms with E-state index in [0.29, 0.717) is 25.9 Å². The predicted molar refractivity (Wildman–Crippen MR) is 296 cm³/mol. The minimum atomic E-state index is -1.58. The summed E-state index contributed by atoms with van der Waals surface area (Å²) in [4.78, 5) is 25.0. The standard InChI is InChI=1S/C61H107NO10/c1-3-5-7-9-11-13-15-16-22-26-29-33-37-41-45-49-57(66)70-50-46-42-38-34-30-27-24-21-19-17-18-20-23-25-28-32-36-40-44-48-56(65)62-53(52-71-61-60(69)59(68)58(67)55(51-63)72-61)54(64)47-43-39-35-31-14-12-10-8-6-4-2/h6,8,14,16,21-22,24,27,30-31,43,47,53-55,58-61,63-64,67-69H,3-5,7,9-13,15,17-20,23,25-26,28-29,32-42,44-46,48-52H2,1-2H3,(H,62,65)/b8-6+,22-16-,24-21-,30-27-,31-14+,47-43+. The van der Waals surface area contributed by atoms with Gasteiger partial charge in [-0.05, 0) is 109 Å². The number of carbonyl (C=O) groups is 2. The summed E-state index contributed by atoms with van der Waals surface area (Å²) in [7, 11) is 0. The largest absolute Gasteiger partial charge is 0.466 e. The Labute approximate surface area is 439 Å². The summed E-state index contributed by atoms with van der Waals surface area (Å²) in [6.07, 6.45) is 55.8. The topological polar surface area (TPSA) is 175 Å². The number of allylic oxidation sites excluding steroid dienone is 11. The van der Waals surface area contributed by atoms with Gasteiger partial charge in [-0.2, -0.15) is 0 Å². The fraction of sp³-hybridized carbons (Fsp3) is 0.770. The van der Waals surface area contributed by atoms with Gasteiger partial charge < -0.3 is 45.1 Å². The first-order valence-corrected chi connectivity index (χ1v) is 29.2. The second kappa shape index (κ2) is 50.3. The third kappa shape index (κ3) is 39.5. The minimum absolute atomic E-state index is 0.0384. The molecule has 1 rings (SSSR count). The van der Waals surface area contributed by atoms with E-state index in [1.165, 1.54) is 109 Å². The van der Waals surface area contributed by atoms with Gasteiger partial charge in [0.25, 0.3) is 0 Å². The molecule has 6 N–H and O–H groups in total. The number of aliphatic hydroxyl groups is 5. The zero-order valence-electron chi connectivity index (χ0n) is 45.6. The summed E-state index contributed by atoms with van der Waals surface area (Å²) >= 11 is 0. The highest BCUT2D eigenvalue weighted by molar-refractivity contribution is 5.76. The summed E-state index contributed by atoms with van der Waals surface area (Å²) in [5, 5.41) is 54.2. The lowest BCUT2D eigenvalue weighted by molar-refractivity contribution is -0.302. The minimum Gasteiger partial charge on any atom is -0.466 e. The van der Waals surface area contributed by atoms with E-state index < -0.39 is 49.5 Å². The van der Waals surface area contributed by atoms with Crippen LogP contribution >= 0.6 is 0 Å². The molecule has 0 bridgehead atoms. The molecule has 7 atom stereocenters. The van der Waals surface area contributed by atoms with Gasteiger partial charge in [0.15, 0.2) is 6.29 Å². The van der Waals surface area contributed by atoms with Crippen LogP contribution in [0.4, 0.5) is 0 Å². The third-order valence-corrected chi connectivity index (χ3v) is 13.3. The molecule has 0 aliphatic carbocycles. The first-order chi connectivity index (χ1) is 35.2. The molecule has 1 aliphatic heterocycles. The molecule has 7 unspecified atom stereocenters. The van der Waals surface area contributed by atoms with Gasteiger partial charge in [-0.15, -0.1) is 0 Å². The number of aliphatic hydroxyl groups excluding tert-OH is 5. The first kappa shape index (κ1) is 67.1. The maximum absolute atomic E-state index is 13.0. The second-order valence-corrected chi connectivity index (χ2v) is 20.0. The lowest BCUT2D eigenvalue weighted by atomic mass is 9.99. The van der Waals surface area contributed by atoms with Crippen LogP contribution in [0.2, 0.25) is 0 Å². The van der Waals surface area contributed by atoms with Crippen LogP contribution in [0.3, 0.4) is 0 Å². The molecule has 0 aromatic rings. The Kier molecular flexibility index (Phi) is 46.9. The molecular formula is C61H107NO10. The van der Waals surface area contributed by atoms with Gasteiger partial charge >= 0.3 is 5.97 Å². The number of nitrogens with one attached hydrogen (secondary N) is 1. The maximum Gasteiger partial charge on any atom is 0.305 e. The Bertz CT molecular complexity index is 1430. The van der Waals surface area contributed by atoms with E-state index in [0.717, 1.165) is 96.3 Å². The summed E-state index contributed by atoms with van der Waals surface area (Å²) in [5.41, 5.74) is 0. The Morgan fingerprint density at radius 2 is 0.986 bits per heavy atom. The van der Waals surface area contributed by atoms with Gasteiger partial charge in [-0.25, -0.2) is 0 Å². The molecule has 1 amide bonds. The van der Waals surface area contributed by atoms with Gasteiger partial charge in [0, 0.05) is 12.8 Å². The van der Waals surface area contributed by atoms with Crippen molar-refractivity contribution in [3.8, 4) is 0 Å². The van der Waals surface area contributed by atoms with Crippen LogP contribution in [-0.2, 0) is 23.8 Å². The third-order valence-electron chi connectivity index (χ3n) is 13.3. The average Bonchev–Trinajstić information content (AvgIpc) is 3.38. The van der Waals surface area contributed by atoms with Crippen LogP contribution < -0.4 is 5.32 Å². The number of carbonyl (C=O) groups excluding carboxylic acids is 2. The highest BCUT2D eigenvalue weighted by Crippen LogP contribution is 2.23. The van der Waals surface area contributed by atoms with Crippen molar-refractivity contribution >= 4 is 11.9 Å². The quantitative estimate of drug-likeness (QED) is 0.0149. The Balaban J connectivity index is 2.08. The fourth-order valence-corrected chi connectivity index (χ4v) is 8.63. The fourth-order valence-electron chi connectivity index (χ4n) is 8.63. The molecular weight excluding hydrogens is 907 g/mol. The summed E-state index contributed by atoms with van der Waals surface area (Å²) in [6.45, 7) is 4.13. The van der Waals surface area contributed by atoms with Gasteiger partial charge in [-0.1, -0.05) is 189 Å². The van der Waals surface area contributed by atoms with Crippen LogP contribution in [0.5, 0.6) is 0 Å². The van der Waals surface area contributed by atoms with Crippen molar-refractivity contribution in [3.63, 3.8) is 0 Å². The maximum atomic E-state index is 13.0. The smallest absolute Gasteiger partial charge is 0.305 e. The van der Waals surface area contributed by atoms with Crippen molar-refractivity contribution in [2.24, 2.45) is 0 Å². The van der Waals surface area contributed by atoms with Gasteiger partial charge in [0.05, 0.1) is 32.0 Å². The molecule has 0 aromatic carbocycles. The van der Waals surface area contributed by atoms with Gasteiger partial charge in [-0.3, -0.25) is 9.59 Å². The monoisotopic (exact) mass is 1010 g/mol. The SMILES string of the molecule is CC/C=C/CC/C=C/CC/C=C/C(O)C(COC1OC(CO)C(O)C(O)C1O)NC(=O)CCCCCCCCCCCC/C=C\C=C/CCCCCOC(=O)CCCCCCC/C=C\CCCCCCCC. The number of rotatable bonds is 49. The molecule has 11 heteroatoms. The van der Waals surface area contributed by atoms with Gasteiger partial charge in [0.2, 0.25) is 5.91 Å². The van der Waals surface area contributed by atoms with Crippen LogP contribution in [-0.4, -0.2) is 100 Å². The second-order valence-electron chi connectivity index (χ2n) is 20.0. The van der Waals surface area contributed by atoms with Crippen molar-refractivity contribution in [3.05, 3.63) is 72.9 Å². The summed E-state index contributed by atoms with van der Waals surface area (Å²) < 4.78 is 16.6. The zero-order valence-corrected chi connectivity index (χ0v) is 45.6. The van der Waals surface area contributed by atoms with E-state index in [-0.39, 0.29) is 18.5 Å². The van der Waals surface area contributed by atoms with Crippen LogP contribution in [0, 0.1) is 0 Å². The van der Waals surface area contributed by atoms with E-state index in [4.69, 9.17) is 14.2 Å². The van der Waals surface area contributed by atoms with Crippen molar-refractivity contribution < 1.29 is 49.3 Å². The molecule has 1 saturated heterocycles.